The van der Waals surface area contributed by atoms with Crippen molar-refractivity contribution >= 4 is 22.4 Å². The predicted octanol–water partition coefficient (Wildman–Crippen LogP) is 2.66. The fourth-order valence-corrected chi connectivity index (χ4v) is 2.85. The molecule has 0 unspecified atom stereocenters. The zero-order valence-corrected chi connectivity index (χ0v) is 12.6. The van der Waals surface area contributed by atoms with E-state index in [1.165, 1.54) is 11.3 Å². The van der Waals surface area contributed by atoms with Crippen LogP contribution in [-0.4, -0.2) is 25.8 Å². The van der Waals surface area contributed by atoms with Gasteiger partial charge >= 0.3 is 0 Å². The molecule has 0 spiro atoms. The number of hydrogen-bond acceptors (Lipinski definition) is 6. The number of nitrogens with zero attached hydrogens (tertiary/aromatic N) is 4. The fraction of sp³-hybridized carbons (Fsp3) is 0.286. The molecule has 8 heteroatoms. The van der Waals surface area contributed by atoms with Crippen molar-refractivity contribution in [1.82, 2.24) is 19.9 Å². The molecule has 0 atom stereocenters. The molecule has 1 aliphatic rings. The van der Waals surface area contributed by atoms with Crippen LogP contribution in [0.5, 0.6) is 0 Å². The van der Waals surface area contributed by atoms with Crippen LogP contribution in [0.1, 0.15) is 35.0 Å². The van der Waals surface area contributed by atoms with Gasteiger partial charge in [0.2, 0.25) is 0 Å². The second-order valence-corrected chi connectivity index (χ2v) is 6.14. The lowest BCUT2D eigenvalue weighted by Gasteiger charge is -1.96. The highest BCUT2D eigenvalue weighted by atomic mass is 32.1. The van der Waals surface area contributed by atoms with Gasteiger partial charge in [-0.2, -0.15) is 5.10 Å². The summed E-state index contributed by atoms with van der Waals surface area (Å²) >= 11 is 1.36. The molecule has 3 aromatic rings. The van der Waals surface area contributed by atoms with Crippen molar-refractivity contribution in [2.45, 2.75) is 18.8 Å². The van der Waals surface area contributed by atoms with Crippen LogP contribution in [0, 0.1) is 0 Å². The average molecular weight is 315 g/mol. The minimum Gasteiger partial charge on any atom is -0.360 e. The minimum absolute atomic E-state index is 0.292. The summed E-state index contributed by atoms with van der Waals surface area (Å²) in [6.07, 6.45) is 5.83. The molecule has 3 aromatic heterocycles. The molecule has 0 aromatic carbocycles. The molecule has 1 aliphatic carbocycles. The number of rotatable bonds is 4. The van der Waals surface area contributed by atoms with E-state index >= 15 is 0 Å². The third-order valence-electron chi connectivity index (χ3n) is 3.47. The number of nitrogens with one attached hydrogen (secondary N) is 1. The summed E-state index contributed by atoms with van der Waals surface area (Å²) in [5.74, 6) is 0.925. The van der Waals surface area contributed by atoms with Crippen molar-refractivity contribution in [2.75, 3.05) is 5.32 Å². The first kappa shape index (κ1) is 13.2. The highest BCUT2D eigenvalue weighted by Crippen LogP contribution is 2.40. The second kappa shape index (κ2) is 5.06. The van der Waals surface area contributed by atoms with E-state index in [0.717, 1.165) is 29.9 Å². The zero-order valence-electron chi connectivity index (χ0n) is 11.8. The van der Waals surface area contributed by atoms with Crippen LogP contribution in [0.3, 0.4) is 0 Å². The predicted molar refractivity (Wildman–Crippen MR) is 80.7 cm³/mol. The summed E-state index contributed by atoms with van der Waals surface area (Å²) in [5.41, 5.74) is 1.99. The Hall–Kier alpha value is -2.48. The van der Waals surface area contributed by atoms with E-state index in [2.05, 4.69) is 20.6 Å². The Labute approximate surface area is 130 Å². The molecule has 1 saturated carbocycles. The van der Waals surface area contributed by atoms with Crippen LogP contribution in [-0.2, 0) is 7.05 Å². The monoisotopic (exact) mass is 315 g/mol. The normalized spacial score (nSPS) is 14.2. The third-order valence-corrected chi connectivity index (χ3v) is 4.22. The Morgan fingerprint density at radius 1 is 1.50 bits per heavy atom. The smallest absolute Gasteiger partial charge is 0.279 e. The maximum absolute atomic E-state index is 12.1. The van der Waals surface area contributed by atoms with Crippen LogP contribution in [0.4, 0.5) is 5.13 Å². The Morgan fingerprint density at radius 3 is 3.09 bits per heavy atom. The summed E-state index contributed by atoms with van der Waals surface area (Å²) in [6, 6.07) is 1.71. The first-order valence-electron chi connectivity index (χ1n) is 6.91. The number of aryl methyl sites for hydroxylation is 1. The van der Waals surface area contributed by atoms with Gasteiger partial charge in [-0.05, 0) is 12.8 Å². The van der Waals surface area contributed by atoms with Gasteiger partial charge in [0, 0.05) is 36.2 Å². The summed E-state index contributed by atoms with van der Waals surface area (Å²) in [5, 5.41) is 13.1. The SMILES string of the molecule is Cn1cc(-c2csc(NC(=O)c3cc(C4CC4)on3)n2)cn1. The van der Waals surface area contributed by atoms with E-state index in [1.54, 1.807) is 16.9 Å². The van der Waals surface area contributed by atoms with Crippen molar-refractivity contribution in [3.8, 4) is 11.3 Å². The van der Waals surface area contributed by atoms with Crippen LogP contribution in [0.2, 0.25) is 0 Å². The summed E-state index contributed by atoms with van der Waals surface area (Å²) in [7, 11) is 1.85. The first-order chi connectivity index (χ1) is 10.7. The van der Waals surface area contributed by atoms with E-state index in [0.29, 0.717) is 16.7 Å². The number of carbonyl (C=O) groups is 1. The minimum atomic E-state index is -0.303. The van der Waals surface area contributed by atoms with Crippen LogP contribution in [0.15, 0.2) is 28.4 Å². The lowest BCUT2D eigenvalue weighted by molar-refractivity contribution is 0.101. The number of aromatic nitrogens is 4. The molecule has 3 heterocycles. The molecule has 1 fully saturated rings. The zero-order chi connectivity index (χ0) is 15.1. The molecule has 0 saturated heterocycles. The molecular formula is C14H13N5O2S. The maximum atomic E-state index is 12.1. The summed E-state index contributed by atoms with van der Waals surface area (Å²) in [4.78, 5) is 16.5. The number of anilines is 1. The quantitative estimate of drug-likeness (QED) is 0.800. The molecule has 112 valence electrons. The molecule has 0 aliphatic heterocycles. The molecule has 7 nitrogen and oxygen atoms in total. The van der Waals surface area contributed by atoms with Crippen molar-refractivity contribution in [3.05, 3.63) is 35.3 Å². The third kappa shape index (κ3) is 2.52. The highest BCUT2D eigenvalue weighted by Gasteiger charge is 2.29. The molecule has 0 bridgehead atoms. The summed E-state index contributed by atoms with van der Waals surface area (Å²) < 4.78 is 6.90. The van der Waals surface area contributed by atoms with Crippen molar-refractivity contribution < 1.29 is 9.32 Å². The van der Waals surface area contributed by atoms with Gasteiger partial charge in [0.05, 0.1) is 11.9 Å². The number of amides is 1. The van der Waals surface area contributed by atoms with Gasteiger partial charge in [-0.25, -0.2) is 4.98 Å². The van der Waals surface area contributed by atoms with E-state index in [1.807, 2.05) is 18.6 Å². The van der Waals surface area contributed by atoms with Crippen LogP contribution in [0.25, 0.3) is 11.3 Å². The second-order valence-electron chi connectivity index (χ2n) is 5.28. The molecule has 1 N–H and O–H groups in total. The molecule has 1 amide bonds. The Bertz CT molecular complexity index is 830. The van der Waals surface area contributed by atoms with Crippen molar-refractivity contribution in [2.24, 2.45) is 7.05 Å². The van der Waals surface area contributed by atoms with Gasteiger partial charge in [0.1, 0.15) is 5.76 Å². The topological polar surface area (TPSA) is 85.8 Å². The number of hydrogen-bond donors (Lipinski definition) is 1. The van der Waals surface area contributed by atoms with Gasteiger partial charge < -0.3 is 4.52 Å². The van der Waals surface area contributed by atoms with E-state index in [4.69, 9.17) is 4.52 Å². The van der Waals surface area contributed by atoms with Crippen molar-refractivity contribution in [1.29, 1.82) is 0 Å². The van der Waals surface area contributed by atoms with Gasteiger partial charge in [-0.3, -0.25) is 14.8 Å². The Morgan fingerprint density at radius 2 is 2.36 bits per heavy atom. The molecule has 0 radical (unpaired) electrons. The van der Waals surface area contributed by atoms with Gasteiger partial charge in [0.25, 0.3) is 5.91 Å². The lowest BCUT2D eigenvalue weighted by atomic mass is 10.3. The Balaban J connectivity index is 1.48. The van der Waals surface area contributed by atoms with Crippen molar-refractivity contribution in [3.63, 3.8) is 0 Å². The first-order valence-corrected chi connectivity index (χ1v) is 7.79. The number of thiazole rings is 1. The summed E-state index contributed by atoms with van der Waals surface area (Å²) in [6.45, 7) is 0. The Kier molecular flexibility index (Phi) is 3.04. The molecule has 4 rings (SSSR count). The van der Waals surface area contributed by atoms with E-state index < -0.39 is 0 Å². The lowest BCUT2D eigenvalue weighted by Crippen LogP contribution is -2.11. The molecule has 22 heavy (non-hydrogen) atoms. The average Bonchev–Trinajstić information content (AvgIpc) is 2.94. The molecular weight excluding hydrogens is 302 g/mol. The van der Waals surface area contributed by atoms with E-state index in [-0.39, 0.29) is 5.91 Å². The largest absolute Gasteiger partial charge is 0.360 e. The van der Waals surface area contributed by atoms with Gasteiger partial charge in [-0.1, -0.05) is 5.16 Å². The fourth-order valence-electron chi connectivity index (χ4n) is 2.13. The number of carbonyl (C=O) groups excluding carboxylic acids is 1. The maximum Gasteiger partial charge on any atom is 0.279 e. The van der Waals surface area contributed by atoms with Crippen LogP contribution >= 0.6 is 11.3 Å². The van der Waals surface area contributed by atoms with Gasteiger partial charge in [0.15, 0.2) is 10.8 Å². The van der Waals surface area contributed by atoms with Crippen LogP contribution < -0.4 is 5.32 Å². The standard InChI is InChI=1S/C14H13N5O2S/c1-19-6-9(5-15-19)11-7-22-14(16-11)17-13(20)10-4-12(21-18-10)8-2-3-8/h4-8H,2-3H2,1H3,(H,16,17,20). The highest BCUT2D eigenvalue weighted by molar-refractivity contribution is 7.14. The van der Waals surface area contributed by atoms with Gasteiger partial charge in [-0.15, -0.1) is 11.3 Å². The van der Waals surface area contributed by atoms with E-state index in [9.17, 15) is 4.79 Å².